The first-order valence-electron chi connectivity index (χ1n) is 5.35. The van der Waals surface area contributed by atoms with Gasteiger partial charge in [0, 0.05) is 11.4 Å². The molecule has 0 atom stereocenters. The summed E-state index contributed by atoms with van der Waals surface area (Å²) in [5.41, 5.74) is 0. The lowest BCUT2D eigenvalue weighted by Gasteiger charge is -2.05. The highest BCUT2D eigenvalue weighted by Gasteiger charge is 2.13. The van der Waals surface area contributed by atoms with Crippen molar-refractivity contribution in [2.75, 3.05) is 6.54 Å². The Kier molecular flexibility index (Phi) is 4.11. The van der Waals surface area contributed by atoms with Gasteiger partial charge in [0.25, 0.3) is 0 Å². The average Bonchev–Trinajstić information content (AvgIpc) is 2.82. The molecule has 0 aliphatic rings. The maximum absolute atomic E-state index is 13.0. The first kappa shape index (κ1) is 13.2. The average molecular weight is 285 g/mol. The van der Waals surface area contributed by atoms with Gasteiger partial charge in [0.05, 0.1) is 4.90 Å². The summed E-state index contributed by atoms with van der Waals surface area (Å²) in [4.78, 5) is 1.06. The molecule has 0 saturated carbocycles. The summed E-state index contributed by atoms with van der Waals surface area (Å²) >= 11 is 1.58. The fourth-order valence-electron chi connectivity index (χ4n) is 1.48. The molecule has 0 fully saturated rings. The molecule has 0 radical (unpaired) electrons. The zero-order valence-electron chi connectivity index (χ0n) is 9.47. The highest BCUT2D eigenvalue weighted by molar-refractivity contribution is 7.89. The highest BCUT2D eigenvalue weighted by Crippen LogP contribution is 2.11. The van der Waals surface area contributed by atoms with Gasteiger partial charge in [-0.15, -0.1) is 11.3 Å². The van der Waals surface area contributed by atoms with Crippen molar-refractivity contribution in [3.05, 3.63) is 52.5 Å². The molecular weight excluding hydrogens is 273 g/mol. The van der Waals surface area contributed by atoms with E-state index in [1.807, 2.05) is 17.5 Å². The predicted octanol–water partition coefficient (Wildman–Crippen LogP) is 2.41. The van der Waals surface area contributed by atoms with Crippen LogP contribution in [0, 0.1) is 5.82 Å². The van der Waals surface area contributed by atoms with E-state index in [0.29, 0.717) is 13.0 Å². The summed E-state index contributed by atoms with van der Waals surface area (Å²) in [6.07, 6.45) is 0.631. The molecule has 6 heteroatoms. The lowest BCUT2D eigenvalue weighted by Crippen LogP contribution is -2.25. The standard InChI is InChI=1S/C12H12FNO2S2/c13-10-3-1-5-12(9-10)18(15,16)14-7-6-11-4-2-8-17-11/h1-5,8-9,14H,6-7H2. The minimum atomic E-state index is -3.62. The topological polar surface area (TPSA) is 46.2 Å². The Morgan fingerprint density at radius 1 is 1.22 bits per heavy atom. The molecule has 18 heavy (non-hydrogen) atoms. The van der Waals surface area contributed by atoms with Crippen LogP contribution in [0.4, 0.5) is 4.39 Å². The van der Waals surface area contributed by atoms with Crippen molar-refractivity contribution in [3.8, 4) is 0 Å². The van der Waals surface area contributed by atoms with Crippen LogP contribution in [0.25, 0.3) is 0 Å². The molecule has 96 valence electrons. The van der Waals surface area contributed by atoms with E-state index in [0.717, 1.165) is 10.9 Å². The number of hydrogen-bond donors (Lipinski definition) is 1. The first-order valence-corrected chi connectivity index (χ1v) is 7.72. The summed E-state index contributed by atoms with van der Waals surface area (Å²) in [5, 5.41) is 1.94. The zero-order valence-corrected chi connectivity index (χ0v) is 11.1. The number of nitrogens with one attached hydrogen (secondary N) is 1. The van der Waals surface area contributed by atoms with E-state index in [1.165, 1.54) is 18.2 Å². The van der Waals surface area contributed by atoms with Gasteiger partial charge in [-0.05, 0) is 36.1 Å². The second kappa shape index (κ2) is 5.60. The second-order valence-electron chi connectivity index (χ2n) is 3.68. The third kappa shape index (κ3) is 3.38. The van der Waals surface area contributed by atoms with Gasteiger partial charge in [-0.1, -0.05) is 12.1 Å². The van der Waals surface area contributed by atoms with Crippen LogP contribution >= 0.6 is 11.3 Å². The molecule has 0 unspecified atom stereocenters. The first-order chi connectivity index (χ1) is 8.58. The lowest BCUT2D eigenvalue weighted by atomic mass is 10.3. The highest BCUT2D eigenvalue weighted by atomic mass is 32.2. The van der Waals surface area contributed by atoms with Crippen LogP contribution < -0.4 is 4.72 Å². The van der Waals surface area contributed by atoms with Crippen LogP contribution in [0.3, 0.4) is 0 Å². The second-order valence-corrected chi connectivity index (χ2v) is 6.48. The number of halogens is 1. The van der Waals surface area contributed by atoms with E-state index in [2.05, 4.69) is 4.72 Å². The van der Waals surface area contributed by atoms with Crippen molar-refractivity contribution >= 4 is 21.4 Å². The molecule has 0 amide bonds. The third-order valence-electron chi connectivity index (χ3n) is 2.35. The van der Waals surface area contributed by atoms with Crippen molar-refractivity contribution in [3.63, 3.8) is 0 Å². The number of rotatable bonds is 5. The molecular formula is C12H12FNO2S2. The Morgan fingerprint density at radius 3 is 2.72 bits per heavy atom. The lowest BCUT2D eigenvalue weighted by molar-refractivity contribution is 0.578. The van der Waals surface area contributed by atoms with Crippen LogP contribution in [0.15, 0.2) is 46.7 Å². The number of hydrogen-bond acceptors (Lipinski definition) is 3. The molecule has 1 heterocycles. The largest absolute Gasteiger partial charge is 0.240 e. The van der Waals surface area contributed by atoms with Crippen molar-refractivity contribution < 1.29 is 12.8 Å². The van der Waals surface area contributed by atoms with Gasteiger partial charge >= 0.3 is 0 Å². The van der Waals surface area contributed by atoms with Gasteiger partial charge in [-0.2, -0.15) is 0 Å². The molecule has 2 aromatic rings. The van der Waals surface area contributed by atoms with Gasteiger partial charge in [-0.3, -0.25) is 0 Å². The molecule has 1 aromatic carbocycles. The van der Waals surface area contributed by atoms with Gasteiger partial charge < -0.3 is 0 Å². The Morgan fingerprint density at radius 2 is 2.06 bits per heavy atom. The quantitative estimate of drug-likeness (QED) is 0.917. The Bertz CT molecular complexity index is 609. The Hall–Kier alpha value is -1.24. The van der Waals surface area contributed by atoms with Gasteiger partial charge in [0.2, 0.25) is 10.0 Å². The summed E-state index contributed by atoms with van der Waals surface area (Å²) < 4.78 is 39.1. The molecule has 0 aliphatic heterocycles. The van der Waals surface area contributed by atoms with Crippen LogP contribution in [-0.2, 0) is 16.4 Å². The van der Waals surface area contributed by atoms with E-state index in [4.69, 9.17) is 0 Å². The maximum atomic E-state index is 13.0. The van der Waals surface area contributed by atoms with Crippen LogP contribution in [-0.4, -0.2) is 15.0 Å². The molecule has 1 aromatic heterocycles. The van der Waals surface area contributed by atoms with E-state index in [-0.39, 0.29) is 4.90 Å². The van der Waals surface area contributed by atoms with Crippen molar-refractivity contribution in [1.29, 1.82) is 0 Å². The summed E-state index contributed by atoms with van der Waals surface area (Å²) in [6.45, 7) is 0.305. The molecule has 0 spiro atoms. The minimum absolute atomic E-state index is 0.0475. The van der Waals surface area contributed by atoms with E-state index in [9.17, 15) is 12.8 Å². The monoisotopic (exact) mass is 285 g/mol. The van der Waals surface area contributed by atoms with Crippen molar-refractivity contribution in [1.82, 2.24) is 4.72 Å². The summed E-state index contributed by atoms with van der Waals surface area (Å²) in [7, 11) is -3.62. The van der Waals surface area contributed by atoms with Gasteiger partial charge in [0.15, 0.2) is 0 Å². The van der Waals surface area contributed by atoms with Crippen molar-refractivity contribution in [2.24, 2.45) is 0 Å². The Labute approximate surface area is 109 Å². The number of benzene rings is 1. The maximum Gasteiger partial charge on any atom is 0.240 e. The van der Waals surface area contributed by atoms with Gasteiger partial charge in [-0.25, -0.2) is 17.5 Å². The van der Waals surface area contributed by atoms with E-state index < -0.39 is 15.8 Å². The van der Waals surface area contributed by atoms with Crippen molar-refractivity contribution in [2.45, 2.75) is 11.3 Å². The SMILES string of the molecule is O=S(=O)(NCCc1cccs1)c1cccc(F)c1. The fraction of sp³-hybridized carbons (Fsp3) is 0.167. The predicted molar refractivity (Wildman–Crippen MR) is 69.6 cm³/mol. The number of thiophene rings is 1. The Balaban J connectivity index is 1.99. The summed E-state index contributed by atoms with van der Waals surface area (Å²) in [5.74, 6) is -0.559. The van der Waals surface area contributed by atoms with Gasteiger partial charge in [0.1, 0.15) is 5.82 Å². The molecule has 1 N–H and O–H groups in total. The molecule has 0 aliphatic carbocycles. The van der Waals surface area contributed by atoms with E-state index in [1.54, 1.807) is 11.3 Å². The molecule has 0 saturated heterocycles. The summed E-state index contributed by atoms with van der Waals surface area (Å²) in [6, 6.07) is 8.83. The normalized spacial score (nSPS) is 11.6. The minimum Gasteiger partial charge on any atom is -0.211 e. The smallest absolute Gasteiger partial charge is 0.211 e. The molecule has 3 nitrogen and oxygen atoms in total. The third-order valence-corrected chi connectivity index (χ3v) is 4.74. The fourth-order valence-corrected chi connectivity index (χ4v) is 3.25. The molecule has 2 rings (SSSR count). The van der Waals surface area contributed by atoms with Crippen LogP contribution in [0.2, 0.25) is 0 Å². The van der Waals surface area contributed by atoms with Crippen LogP contribution in [0.1, 0.15) is 4.88 Å². The van der Waals surface area contributed by atoms with E-state index >= 15 is 0 Å². The number of sulfonamides is 1. The van der Waals surface area contributed by atoms with Crippen LogP contribution in [0.5, 0.6) is 0 Å². The zero-order chi connectivity index (χ0) is 13.0. The molecule has 0 bridgehead atoms.